The van der Waals surface area contributed by atoms with Gasteiger partial charge in [-0.1, -0.05) is 11.6 Å². The number of nitrogens with zero attached hydrogens (tertiary/aromatic N) is 3. The van der Waals surface area contributed by atoms with Crippen LogP contribution in [0.5, 0.6) is 0 Å². The average Bonchev–Trinajstić information content (AvgIpc) is 2.85. The van der Waals surface area contributed by atoms with Crippen molar-refractivity contribution in [1.29, 1.82) is 0 Å². The Labute approximate surface area is 127 Å². The molecule has 0 aromatic carbocycles. The molecule has 2 N–H and O–H groups in total. The van der Waals surface area contributed by atoms with E-state index in [4.69, 9.17) is 16.3 Å². The molecule has 0 bridgehead atoms. The van der Waals surface area contributed by atoms with Crippen LogP contribution in [0.1, 0.15) is 6.92 Å². The Kier molecular flexibility index (Phi) is 3.21. The van der Waals surface area contributed by atoms with E-state index in [2.05, 4.69) is 32.6 Å². The summed E-state index contributed by atoms with van der Waals surface area (Å²) in [5.41, 5.74) is -0.501. The molecule has 102 valence electrons. The topological polar surface area (TPSA) is 80.4 Å². The van der Waals surface area contributed by atoms with Crippen LogP contribution in [-0.4, -0.2) is 43.6 Å². The average molecular weight is 396 g/mol. The van der Waals surface area contributed by atoms with Crippen LogP contribution in [0.4, 0.5) is 0 Å². The standard InChI is InChI=1S/C11H11ClIN3O3/c1-11(8(18)6(17)3-19-11)16-2-5(13)7-9(12)14-4-15-10(7)16/h2,4,6,8,17-18H,3H2,1H3/t6-,8-,11-/m0/s1. The summed E-state index contributed by atoms with van der Waals surface area (Å²) in [6, 6.07) is 0. The minimum absolute atomic E-state index is 0.0761. The third-order valence-corrected chi connectivity index (χ3v) is 4.53. The first kappa shape index (κ1) is 13.5. The Morgan fingerprint density at radius 2 is 2.26 bits per heavy atom. The molecule has 2 aromatic rings. The van der Waals surface area contributed by atoms with Gasteiger partial charge >= 0.3 is 0 Å². The molecule has 0 saturated carbocycles. The molecule has 1 fully saturated rings. The van der Waals surface area contributed by atoms with E-state index in [9.17, 15) is 10.2 Å². The van der Waals surface area contributed by atoms with Crippen molar-refractivity contribution >= 4 is 45.2 Å². The van der Waals surface area contributed by atoms with Crippen molar-refractivity contribution in [1.82, 2.24) is 14.5 Å². The van der Waals surface area contributed by atoms with Crippen LogP contribution < -0.4 is 0 Å². The number of rotatable bonds is 1. The molecule has 19 heavy (non-hydrogen) atoms. The van der Waals surface area contributed by atoms with Gasteiger partial charge in [-0.2, -0.15) is 0 Å². The van der Waals surface area contributed by atoms with Crippen LogP contribution in [0.2, 0.25) is 5.15 Å². The Morgan fingerprint density at radius 1 is 1.53 bits per heavy atom. The van der Waals surface area contributed by atoms with Crippen LogP contribution in [-0.2, 0) is 10.5 Å². The normalized spacial score (nSPS) is 31.2. The predicted octanol–water partition coefficient (Wildman–Crippen LogP) is 1.11. The summed E-state index contributed by atoms with van der Waals surface area (Å²) in [5, 5.41) is 20.9. The zero-order valence-electron chi connectivity index (χ0n) is 9.92. The second-order valence-electron chi connectivity index (χ2n) is 4.59. The second kappa shape index (κ2) is 4.52. The molecule has 3 heterocycles. The van der Waals surface area contributed by atoms with Crippen molar-refractivity contribution in [2.75, 3.05) is 6.61 Å². The highest BCUT2D eigenvalue weighted by Crippen LogP contribution is 2.37. The van der Waals surface area contributed by atoms with Gasteiger partial charge in [0.15, 0.2) is 5.72 Å². The van der Waals surface area contributed by atoms with E-state index < -0.39 is 17.9 Å². The Balaban J connectivity index is 2.24. The Bertz CT molecular complexity index is 649. The number of ether oxygens (including phenoxy) is 1. The quantitative estimate of drug-likeness (QED) is 0.559. The highest BCUT2D eigenvalue weighted by atomic mass is 127. The molecule has 6 nitrogen and oxygen atoms in total. The number of aliphatic hydroxyl groups excluding tert-OH is 2. The van der Waals surface area contributed by atoms with Gasteiger partial charge in [0.1, 0.15) is 29.3 Å². The van der Waals surface area contributed by atoms with E-state index in [1.54, 1.807) is 17.7 Å². The molecule has 2 aromatic heterocycles. The first-order chi connectivity index (χ1) is 8.95. The molecule has 0 spiro atoms. The van der Waals surface area contributed by atoms with Gasteiger partial charge in [-0.25, -0.2) is 9.97 Å². The van der Waals surface area contributed by atoms with Crippen molar-refractivity contribution in [2.24, 2.45) is 0 Å². The summed E-state index contributed by atoms with van der Waals surface area (Å²) >= 11 is 8.20. The molecule has 0 unspecified atom stereocenters. The van der Waals surface area contributed by atoms with Crippen molar-refractivity contribution < 1.29 is 14.9 Å². The third kappa shape index (κ3) is 1.87. The molecule has 1 aliphatic heterocycles. The first-order valence-corrected chi connectivity index (χ1v) is 7.08. The fraction of sp³-hybridized carbons (Fsp3) is 0.455. The fourth-order valence-corrected chi connectivity index (χ4v) is 3.49. The minimum atomic E-state index is -1.07. The summed E-state index contributed by atoms with van der Waals surface area (Å²) < 4.78 is 8.12. The number of fused-ring (bicyclic) bond motifs is 1. The van der Waals surface area contributed by atoms with Gasteiger partial charge in [-0.15, -0.1) is 0 Å². The SMILES string of the molecule is C[C@]1(n2cc(I)c3c(Cl)ncnc32)OC[C@H](O)[C@@H]1O. The van der Waals surface area contributed by atoms with Gasteiger partial charge in [0.2, 0.25) is 0 Å². The summed E-state index contributed by atoms with van der Waals surface area (Å²) in [7, 11) is 0. The highest BCUT2D eigenvalue weighted by Gasteiger charge is 2.47. The summed E-state index contributed by atoms with van der Waals surface area (Å²) in [5.74, 6) is 0. The Morgan fingerprint density at radius 3 is 2.89 bits per heavy atom. The molecule has 3 rings (SSSR count). The van der Waals surface area contributed by atoms with Gasteiger partial charge < -0.3 is 14.9 Å². The summed E-state index contributed by atoms with van der Waals surface area (Å²) in [6.07, 6.45) is 1.19. The number of halogens is 2. The molecule has 3 atom stereocenters. The van der Waals surface area contributed by atoms with Crippen LogP contribution >= 0.6 is 34.2 Å². The van der Waals surface area contributed by atoms with Crippen molar-refractivity contribution in [3.63, 3.8) is 0 Å². The van der Waals surface area contributed by atoms with Crippen LogP contribution in [0.3, 0.4) is 0 Å². The van der Waals surface area contributed by atoms with Gasteiger partial charge in [-0.05, 0) is 29.5 Å². The van der Waals surface area contributed by atoms with Crippen molar-refractivity contribution in [3.05, 3.63) is 21.2 Å². The molecular weight excluding hydrogens is 384 g/mol. The molecule has 1 saturated heterocycles. The lowest BCUT2D eigenvalue weighted by Gasteiger charge is -2.29. The largest absolute Gasteiger partial charge is 0.388 e. The Hall–Kier alpha value is -0.480. The number of aliphatic hydroxyl groups is 2. The van der Waals surface area contributed by atoms with Gasteiger partial charge in [0, 0.05) is 9.77 Å². The maximum atomic E-state index is 10.1. The van der Waals surface area contributed by atoms with Gasteiger partial charge in [-0.3, -0.25) is 4.57 Å². The highest BCUT2D eigenvalue weighted by molar-refractivity contribution is 14.1. The summed E-state index contributed by atoms with van der Waals surface area (Å²) in [4.78, 5) is 8.15. The number of aromatic nitrogens is 3. The third-order valence-electron chi connectivity index (χ3n) is 3.43. The van der Waals surface area contributed by atoms with Crippen LogP contribution in [0.15, 0.2) is 12.5 Å². The van der Waals surface area contributed by atoms with Crippen molar-refractivity contribution in [2.45, 2.75) is 24.9 Å². The molecule has 1 aliphatic rings. The maximum absolute atomic E-state index is 10.1. The lowest BCUT2D eigenvalue weighted by Crippen LogP contribution is -2.42. The smallest absolute Gasteiger partial charge is 0.172 e. The lowest BCUT2D eigenvalue weighted by atomic mass is 10.1. The van der Waals surface area contributed by atoms with Gasteiger partial charge in [0.25, 0.3) is 0 Å². The lowest BCUT2D eigenvalue weighted by molar-refractivity contribution is -0.107. The first-order valence-electron chi connectivity index (χ1n) is 5.63. The van der Waals surface area contributed by atoms with E-state index in [0.717, 1.165) is 3.57 Å². The van der Waals surface area contributed by atoms with E-state index in [0.29, 0.717) is 16.2 Å². The van der Waals surface area contributed by atoms with E-state index in [1.807, 2.05) is 0 Å². The molecule has 0 aliphatic carbocycles. The van der Waals surface area contributed by atoms with E-state index in [-0.39, 0.29) is 6.61 Å². The van der Waals surface area contributed by atoms with E-state index in [1.165, 1.54) is 6.33 Å². The zero-order valence-corrected chi connectivity index (χ0v) is 12.8. The van der Waals surface area contributed by atoms with Crippen LogP contribution in [0, 0.1) is 3.57 Å². The van der Waals surface area contributed by atoms with Gasteiger partial charge in [0.05, 0.1) is 12.0 Å². The number of hydrogen-bond donors (Lipinski definition) is 2. The summed E-state index contributed by atoms with van der Waals surface area (Å²) in [6.45, 7) is 1.78. The molecule has 0 amide bonds. The molecule has 8 heteroatoms. The minimum Gasteiger partial charge on any atom is -0.388 e. The van der Waals surface area contributed by atoms with Crippen molar-refractivity contribution in [3.8, 4) is 0 Å². The molecular formula is C11H11ClIN3O3. The maximum Gasteiger partial charge on any atom is 0.172 e. The number of hydrogen-bond acceptors (Lipinski definition) is 5. The van der Waals surface area contributed by atoms with E-state index >= 15 is 0 Å². The molecule has 0 radical (unpaired) electrons. The predicted molar refractivity (Wildman–Crippen MR) is 76.9 cm³/mol. The second-order valence-corrected chi connectivity index (χ2v) is 6.11. The zero-order chi connectivity index (χ0) is 13.8. The fourth-order valence-electron chi connectivity index (χ4n) is 2.32. The van der Waals surface area contributed by atoms with Crippen LogP contribution in [0.25, 0.3) is 11.0 Å². The monoisotopic (exact) mass is 395 g/mol.